The molecule has 1 aliphatic rings. The number of nitrogens with zero attached hydrogens (tertiary/aromatic N) is 2. The van der Waals surface area contributed by atoms with E-state index < -0.39 is 15.1 Å². The topological polar surface area (TPSA) is 6.48 Å². The lowest BCUT2D eigenvalue weighted by Crippen LogP contribution is -2.55. The van der Waals surface area contributed by atoms with Gasteiger partial charge in [-0.2, -0.15) is 0 Å². The molecule has 2 rings (SSSR count). The Morgan fingerprint density at radius 2 is 1.50 bits per heavy atom. The molecule has 0 bridgehead atoms. The summed E-state index contributed by atoms with van der Waals surface area (Å²) in [6, 6.07) is 4.08. The van der Waals surface area contributed by atoms with Crippen LogP contribution in [0.4, 0.5) is 19.4 Å². The van der Waals surface area contributed by atoms with Crippen molar-refractivity contribution in [3.63, 3.8) is 0 Å². The van der Waals surface area contributed by atoms with E-state index in [9.17, 15) is 19.4 Å². The predicted molar refractivity (Wildman–Crippen MR) is 106 cm³/mol. The van der Waals surface area contributed by atoms with Crippen LogP contribution in [0.5, 0.6) is 0 Å². The summed E-state index contributed by atoms with van der Waals surface area (Å²) < 4.78 is 67.1. The first-order valence-corrected chi connectivity index (χ1v) is 11.7. The van der Waals surface area contributed by atoms with E-state index in [0.29, 0.717) is 30.2 Å². The third-order valence-corrected chi connectivity index (χ3v) is 7.46. The monoisotopic (exact) mass is 512 g/mol. The van der Waals surface area contributed by atoms with Gasteiger partial charge in [0.05, 0.1) is 0 Å². The largest absolute Gasteiger partial charge is 0.310 e. The molecule has 2 nitrogen and oxygen atoms in total. The van der Waals surface area contributed by atoms with Crippen LogP contribution in [0.2, 0.25) is 0 Å². The van der Waals surface area contributed by atoms with Gasteiger partial charge in [-0.3, -0.25) is 4.90 Å². The van der Waals surface area contributed by atoms with Crippen molar-refractivity contribution in [3.05, 3.63) is 29.8 Å². The Morgan fingerprint density at radius 1 is 0.962 bits per heavy atom. The maximum absolute atomic E-state index is 13.0. The van der Waals surface area contributed by atoms with Crippen LogP contribution in [0.1, 0.15) is 51.6 Å². The number of benzene rings is 1. The van der Waals surface area contributed by atoms with E-state index in [1.165, 1.54) is 12.1 Å². The Labute approximate surface area is 166 Å². The average molecular weight is 512 g/mol. The van der Waals surface area contributed by atoms with Gasteiger partial charge in [0, 0.05) is 54.1 Å². The maximum atomic E-state index is 13.0. The normalized spacial score (nSPS) is 27.0. The lowest BCUT2D eigenvalue weighted by atomic mass is 9.96. The number of piperazine rings is 1. The third kappa shape index (κ3) is 5.02. The molecule has 1 fully saturated rings. The highest BCUT2D eigenvalue weighted by Gasteiger charge is 2.65. The number of rotatable bonds is 6. The van der Waals surface area contributed by atoms with Gasteiger partial charge in [-0.15, -0.1) is 0 Å². The van der Waals surface area contributed by atoms with Crippen molar-refractivity contribution in [2.45, 2.75) is 63.1 Å². The summed E-state index contributed by atoms with van der Waals surface area (Å²) in [4.78, 5) is 0.511. The van der Waals surface area contributed by atoms with E-state index in [0.717, 1.165) is 25.9 Å². The van der Waals surface area contributed by atoms with E-state index >= 15 is 0 Å². The molecule has 1 saturated heterocycles. The molecule has 3 atom stereocenters. The van der Waals surface area contributed by atoms with Crippen LogP contribution in [0, 0.1) is 0 Å². The molecule has 9 heteroatoms. The molecule has 0 aromatic heterocycles. The average Bonchev–Trinajstić information content (AvgIpc) is 2.54. The van der Waals surface area contributed by atoms with E-state index in [1.54, 1.807) is 0 Å². The lowest BCUT2D eigenvalue weighted by molar-refractivity contribution is 0.0460. The fraction of sp³-hybridized carbons (Fsp3) is 0.647. The van der Waals surface area contributed by atoms with Crippen LogP contribution in [-0.4, -0.2) is 33.2 Å². The van der Waals surface area contributed by atoms with Gasteiger partial charge in [0.25, 0.3) is 0 Å². The predicted octanol–water partition coefficient (Wildman–Crippen LogP) is 7.32. The molecule has 0 radical (unpaired) electrons. The smallest absolute Gasteiger partial charge is 0.291 e. The summed E-state index contributed by atoms with van der Waals surface area (Å²) in [6.07, 6.45) is 2.62. The summed E-state index contributed by atoms with van der Waals surface area (Å²) in [7, 11) is -9.62. The fourth-order valence-corrected chi connectivity index (χ4v) is 5.29. The van der Waals surface area contributed by atoms with Gasteiger partial charge in [-0.05, 0) is 37.0 Å². The van der Waals surface area contributed by atoms with Gasteiger partial charge >= 0.3 is 10.2 Å². The van der Waals surface area contributed by atoms with E-state index in [2.05, 4.69) is 44.7 Å². The molecular weight excluding hydrogens is 486 g/mol. The number of hydrogen-bond donors (Lipinski definition) is 0. The Hall–Kier alpha value is -0.130. The zero-order valence-corrected chi connectivity index (χ0v) is 18.1. The second kappa shape index (κ2) is 7.04. The second-order valence-electron chi connectivity index (χ2n) is 6.87. The molecule has 152 valence electrons. The zero-order chi connectivity index (χ0) is 19.8. The van der Waals surface area contributed by atoms with Crippen LogP contribution in [0.15, 0.2) is 29.2 Å². The summed E-state index contributed by atoms with van der Waals surface area (Å²) in [6.45, 7) is 7.89. The lowest BCUT2D eigenvalue weighted by Gasteiger charge is -2.47. The first-order valence-electron chi connectivity index (χ1n) is 8.82. The standard InChI is InChI=1S/C17H26F5IN2S/c1-4-14-12-25(23)15(5-2)11-24(14)17(6-3)13-7-9-16(10-8-13)26(18,19,20,21)22/h7-10,14-15,17H,4-6,11-12H2,1-3H3/t14-,15+,17+/m1/s1. The van der Waals surface area contributed by atoms with Crippen LogP contribution < -0.4 is 0 Å². The second-order valence-corrected chi connectivity index (χ2v) is 10.5. The highest BCUT2D eigenvalue weighted by Crippen LogP contribution is 3.02. The Balaban J connectivity index is 2.33. The molecule has 0 unspecified atom stereocenters. The minimum Gasteiger partial charge on any atom is -0.291 e. The van der Waals surface area contributed by atoms with Crippen LogP contribution >= 0.6 is 33.1 Å². The van der Waals surface area contributed by atoms with Crippen molar-refractivity contribution in [2.24, 2.45) is 0 Å². The highest BCUT2D eigenvalue weighted by atomic mass is 127. The molecule has 0 aliphatic carbocycles. The SMILES string of the molecule is CC[C@H]1CN([C@@H](CC)c2ccc(S(F)(F)(F)(F)F)cc2)[C@H](CC)CN1I. The van der Waals surface area contributed by atoms with E-state index in [1.807, 2.05) is 6.92 Å². The minimum atomic E-state index is -9.62. The summed E-state index contributed by atoms with van der Waals surface area (Å²) in [5.74, 6) is 0. The molecule has 0 saturated carbocycles. The summed E-state index contributed by atoms with van der Waals surface area (Å²) in [5, 5.41) is 0. The van der Waals surface area contributed by atoms with Gasteiger partial charge < -0.3 is 0 Å². The van der Waals surface area contributed by atoms with E-state index in [-0.39, 0.29) is 12.1 Å². The third-order valence-electron chi connectivity index (χ3n) is 5.11. The van der Waals surface area contributed by atoms with Crippen molar-refractivity contribution in [3.8, 4) is 0 Å². The molecule has 0 spiro atoms. The van der Waals surface area contributed by atoms with Crippen molar-refractivity contribution in [1.82, 2.24) is 8.01 Å². The fourth-order valence-electron chi connectivity index (χ4n) is 3.62. The first kappa shape index (κ1) is 22.2. The van der Waals surface area contributed by atoms with E-state index in [4.69, 9.17) is 0 Å². The molecule has 0 amide bonds. The molecule has 1 aliphatic heterocycles. The zero-order valence-electron chi connectivity index (χ0n) is 15.1. The van der Waals surface area contributed by atoms with Gasteiger partial charge in [-0.25, -0.2) is 3.11 Å². The van der Waals surface area contributed by atoms with Crippen LogP contribution in [0.25, 0.3) is 0 Å². The van der Waals surface area contributed by atoms with Crippen molar-refractivity contribution >= 4 is 33.1 Å². The Bertz CT molecular complexity index is 622. The van der Waals surface area contributed by atoms with Crippen molar-refractivity contribution in [2.75, 3.05) is 13.1 Å². The van der Waals surface area contributed by atoms with Crippen LogP contribution in [-0.2, 0) is 0 Å². The molecular formula is C17H26F5IN2S. The molecule has 26 heavy (non-hydrogen) atoms. The minimum absolute atomic E-state index is 0.0772. The van der Waals surface area contributed by atoms with Crippen LogP contribution in [0.3, 0.4) is 0 Å². The van der Waals surface area contributed by atoms with Crippen molar-refractivity contribution < 1.29 is 19.4 Å². The quantitative estimate of drug-likeness (QED) is 0.224. The molecule has 1 aromatic rings. The Kier molecular flexibility index (Phi) is 6.00. The first-order chi connectivity index (χ1) is 11.8. The summed E-state index contributed by atoms with van der Waals surface area (Å²) >= 11 is 2.34. The van der Waals surface area contributed by atoms with Gasteiger partial charge in [0.2, 0.25) is 0 Å². The highest BCUT2D eigenvalue weighted by molar-refractivity contribution is 14.1. The number of hydrogen-bond acceptors (Lipinski definition) is 2. The molecule has 1 aromatic carbocycles. The van der Waals surface area contributed by atoms with Gasteiger partial charge in [-0.1, -0.05) is 52.3 Å². The molecule has 0 N–H and O–H groups in total. The van der Waals surface area contributed by atoms with Gasteiger partial charge in [0.15, 0.2) is 0 Å². The van der Waals surface area contributed by atoms with Gasteiger partial charge in [0.1, 0.15) is 4.90 Å². The summed E-state index contributed by atoms with van der Waals surface area (Å²) in [5.41, 5.74) is 0.660. The van der Waals surface area contributed by atoms with Crippen molar-refractivity contribution in [1.29, 1.82) is 0 Å². The maximum Gasteiger partial charge on any atom is 0.310 e. The Morgan fingerprint density at radius 3 is 1.92 bits per heavy atom. The molecule has 1 heterocycles. The number of halogens is 6.